The standard InChI is InChI=1S/C23H23NO7/c1-3-5-12-30-20(25)14-31-23(28)15-6-11-18-19(13-15)22(27)24(21(18)26)16-7-9-17(10-8-16)29-4-2/h6-11,13H,3-5,12,14H2,1-2H3. The van der Waals surface area contributed by atoms with E-state index in [9.17, 15) is 19.2 Å². The lowest BCUT2D eigenvalue weighted by Gasteiger charge is -2.14. The third-order valence-electron chi connectivity index (χ3n) is 4.61. The Kier molecular flexibility index (Phi) is 7.02. The summed E-state index contributed by atoms with van der Waals surface area (Å²) in [5, 5.41) is 0. The van der Waals surface area contributed by atoms with Gasteiger partial charge in [0.25, 0.3) is 11.8 Å². The zero-order chi connectivity index (χ0) is 22.4. The Morgan fingerprint density at radius 1 is 0.903 bits per heavy atom. The van der Waals surface area contributed by atoms with Crippen LogP contribution in [0.3, 0.4) is 0 Å². The van der Waals surface area contributed by atoms with Crippen LogP contribution in [0.15, 0.2) is 42.5 Å². The number of carbonyl (C=O) groups excluding carboxylic acids is 4. The van der Waals surface area contributed by atoms with Crippen molar-refractivity contribution in [3.05, 3.63) is 59.2 Å². The average molecular weight is 425 g/mol. The second kappa shape index (κ2) is 9.88. The molecular formula is C23H23NO7. The number of anilines is 1. The zero-order valence-corrected chi connectivity index (χ0v) is 17.4. The van der Waals surface area contributed by atoms with E-state index in [0.717, 1.165) is 17.7 Å². The molecule has 0 aliphatic carbocycles. The monoisotopic (exact) mass is 425 g/mol. The second-order valence-corrected chi connectivity index (χ2v) is 6.78. The van der Waals surface area contributed by atoms with E-state index in [-0.39, 0.29) is 23.3 Å². The molecule has 0 radical (unpaired) electrons. The smallest absolute Gasteiger partial charge is 0.344 e. The highest BCUT2D eigenvalue weighted by molar-refractivity contribution is 6.34. The molecule has 1 aliphatic heterocycles. The van der Waals surface area contributed by atoms with Gasteiger partial charge in [0.2, 0.25) is 0 Å². The van der Waals surface area contributed by atoms with Crippen molar-refractivity contribution in [1.29, 1.82) is 0 Å². The molecule has 0 aromatic heterocycles. The molecule has 8 nitrogen and oxygen atoms in total. The molecular weight excluding hydrogens is 402 g/mol. The Labute approximate surface area is 179 Å². The highest BCUT2D eigenvalue weighted by Gasteiger charge is 2.37. The predicted molar refractivity (Wildman–Crippen MR) is 111 cm³/mol. The lowest BCUT2D eigenvalue weighted by atomic mass is 10.1. The Balaban J connectivity index is 1.70. The number of hydrogen-bond acceptors (Lipinski definition) is 7. The van der Waals surface area contributed by atoms with Crippen molar-refractivity contribution in [1.82, 2.24) is 0 Å². The number of hydrogen-bond donors (Lipinski definition) is 0. The Hall–Kier alpha value is -3.68. The van der Waals surface area contributed by atoms with Gasteiger partial charge in [0.1, 0.15) is 5.75 Å². The van der Waals surface area contributed by atoms with Crippen LogP contribution in [-0.4, -0.2) is 43.6 Å². The van der Waals surface area contributed by atoms with Crippen LogP contribution >= 0.6 is 0 Å². The van der Waals surface area contributed by atoms with E-state index in [1.807, 2.05) is 13.8 Å². The summed E-state index contributed by atoms with van der Waals surface area (Å²) in [5.74, 6) is -1.83. The number of benzene rings is 2. The maximum Gasteiger partial charge on any atom is 0.344 e. The van der Waals surface area contributed by atoms with Gasteiger partial charge in [-0.25, -0.2) is 14.5 Å². The van der Waals surface area contributed by atoms with Crippen LogP contribution in [0.1, 0.15) is 57.8 Å². The highest BCUT2D eigenvalue weighted by Crippen LogP contribution is 2.30. The van der Waals surface area contributed by atoms with Crippen LogP contribution in [0.2, 0.25) is 0 Å². The van der Waals surface area contributed by atoms with Crippen LogP contribution in [0.5, 0.6) is 5.75 Å². The first-order valence-electron chi connectivity index (χ1n) is 10.0. The van der Waals surface area contributed by atoms with Gasteiger partial charge in [-0.05, 0) is 55.8 Å². The topological polar surface area (TPSA) is 99.2 Å². The van der Waals surface area contributed by atoms with Gasteiger partial charge in [0, 0.05) is 0 Å². The van der Waals surface area contributed by atoms with E-state index in [0.29, 0.717) is 18.0 Å². The molecule has 0 unspecified atom stereocenters. The number of ether oxygens (including phenoxy) is 3. The minimum absolute atomic E-state index is 0.0646. The van der Waals surface area contributed by atoms with Crippen molar-refractivity contribution in [2.24, 2.45) is 0 Å². The molecule has 0 fully saturated rings. The number of rotatable bonds is 9. The number of nitrogens with zero attached hydrogens (tertiary/aromatic N) is 1. The molecule has 0 N–H and O–H groups in total. The second-order valence-electron chi connectivity index (χ2n) is 6.78. The molecule has 3 rings (SSSR count). The summed E-state index contributed by atoms with van der Waals surface area (Å²) in [4.78, 5) is 50.5. The molecule has 2 amide bonds. The molecule has 0 spiro atoms. The third kappa shape index (κ3) is 4.91. The molecule has 0 atom stereocenters. The molecule has 31 heavy (non-hydrogen) atoms. The van der Waals surface area contributed by atoms with Crippen LogP contribution in [0.25, 0.3) is 0 Å². The van der Waals surface area contributed by atoms with Crippen molar-refractivity contribution >= 4 is 29.4 Å². The van der Waals surface area contributed by atoms with Gasteiger partial charge in [-0.2, -0.15) is 0 Å². The molecule has 0 saturated heterocycles. The first-order chi connectivity index (χ1) is 15.0. The molecule has 162 valence electrons. The van der Waals surface area contributed by atoms with Crippen LogP contribution in [0, 0.1) is 0 Å². The Bertz CT molecular complexity index is 997. The zero-order valence-electron chi connectivity index (χ0n) is 17.4. The van der Waals surface area contributed by atoms with Gasteiger partial charge in [-0.1, -0.05) is 13.3 Å². The number of fused-ring (bicyclic) bond motifs is 1. The molecule has 0 bridgehead atoms. The van der Waals surface area contributed by atoms with Crippen molar-refractivity contribution in [3.63, 3.8) is 0 Å². The van der Waals surface area contributed by atoms with Crippen molar-refractivity contribution in [3.8, 4) is 5.75 Å². The van der Waals surface area contributed by atoms with Crippen LogP contribution < -0.4 is 9.64 Å². The lowest BCUT2D eigenvalue weighted by Crippen LogP contribution is -2.29. The fraction of sp³-hybridized carbons (Fsp3) is 0.304. The van der Waals surface area contributed by atoms with E-state index in [2.05, 4.69) is 0 Å². The summed E-state index contributed by atoms with van der Waals surface area (Å²) in [6.45, 7) is 4.07. The summed E-state index contributed by atoms with van der Waals surface area (Å²) in [6.07, 6.45) is 1.61. The van der Waals surface area contributed by atoms with Crippen LogP contribution in [-0.2, 0) is 14.3 Å². The van der Waals surface area contributed by atoms with E-state index >= 15 is 0 Å². The first-order valence-corrected chi connectivity index (χ1v) is 10.0. The summed E-state index contributed by atoms with van der Waals surface area (Å²) in [6, 6.07) is 10.7. The molecule has 2 aromatic rings. The largest absolute Gasteiger partial charge is 0.494 e. The number of carbonyl (C=O) groups is 4. The van der Waals surface area contributed by atoms with E-state index < -0.39 is 30.4 Å². The predicted octanol–water partition coefficient (Wildman–Crippen LogP) is 3.39. The summed E-state index contributed by atoms with van der Waals surface area (Å²) in [5.41, 5.74) is 0.747. The number of amides is 2. The molecule has 8 heteroatoms. The summed E-state index contributed by atoms with van der Waals surface area (Å²) >= 11 is 0. The Morgan fingerprint density at radius 3 is 2.29 bits per heavy atom. The van der Waals surface area contributed by atoms with Crippen molar-refractivity contribution in [2.75, 3.05) is 24.7 Å². The van der Waals surface area contributed by atoms with Crippen molar-refractivity contribution in [2.45, 2.75) is 26.7 Å². The van der Waals surface area contributed by atoms with E-state index in [4.69, 9.17) is 14.2 Å². The number of imide groups is 1. The Morgan fingerprint density at radius 2 is 1.61 bits per heavy atom. The molecule has 1 aliphatic rings. The SMILES string of the molecule is CCCCOC(=O)COC(=O)c1ccc2c(c1)C(=O)N(c1ccc(OCC)cc1)C2=O. The van der Waals surface area contributed by atoms with Crippen molar-refractivity contribution < 1.29 is 33.4 Å². The molecule has 1 heterocycles. The average Bonchev–Trinajstić information content (AvgIpc) is 3.02. The normalized spacial score (nSPS) is 12.5. The molecule has 0 saturated carbocycles. The quantitative estimate of drug-likeness (QED) is 0.345. The first kappa shape index (κ1) is 22.0. The lowest BCUT2D eigenvalue weighted by molar-refractivity contribution is -0.147. The number of esters is 2. The van der Waals surface area contributed by atoms with E-state index in [1.165, 1.54) is 18.2 Å². The van der Waals surface area contributed by atoms with Gasteiger partial charge in [0.05, 0.1) is 35.6 Å². The van der Waals surface area contributed by atoms with Gasteiger partial charge in [0.15, 0.2) is 6.61 Å². The van der Waals surface area contributed by atoms with Gasteiger partial charge in [-0.3, -0.25) is 9.59 Å². The maximum absolute atomic E-state index is 12.9. The maximum atomic E-state index is 12.9. The summed E-state index contributed by atoms with van der Waals surface area (Å²) in [7, 11) is 0. The van der Waals surface area contributed by atoms with E-state index in [1.54, 1.807) is 24.3 Å². The van der Waals surface area contributed by atoms with Gasteiger partial charge >= 0.3 is 11.9 Å². The minimum atomic E-state index is -0.782. The fourth-order valence-corrected chi connectivity index (χ4v) is 3.04. The fourth-order valence-electron chi connectivity index (χ4n) is 3.04. The van der Waals surface area contributed by atoms with Gasteiger partial charge < -0.3 is 14.2 Å². The minimum Gasteiger partial charge on any atom is -0.494 e. The highest BCUT2D eigenvalue weighted by atomic mass is 16.6. The molecule has 2 aromatic carbocycles. The van der Waals surface area contributed by atoms with Crippen LogP contribution in [0.4, 0.5) is 5.69 Å². The van der Waals surface area contributed by atoms with Gasteiger partial charge in [-0.15, -0.1) is 0 Å². The number of unbranched alkanes of at least 4 members (excludes halogenated alkanes) is 1. The summed E-state index contributed by atoms with van der Waals surface area (Å²) < 4.78 is 15.3. The third-order valence-corrected chi connectivity index (χ3v) is 4.61.